The second-order valence-electron chi connectivity index (χ2n) is 9.12. The number of hydrogen-bond acceptors (Lipinski definition) is 6. The summed E-state index contributed by atoms with van der Waals surface area (Å²) in [6.45, 7) is 2.67. The van der Waals surface area contributed by atoms with E-state index < -0.39 is 36.2 Å². The number of fused-ring (bicyclic) bond motifs is 3. The van der Waals surface area contributed by atoms with Gasteiger partial charge in [-0.3, -0.25) is 4.40 Å². The van der Waals surface area contributed by atoms with Crippen molar-refractivity contribution in [3.05, 3.63) is 58.1 Å². The van der Waals surface area contributed by atoms with E-state index in [2.05, 4.69) is 20.3 Å². The minimum absolute atomic E-state index is 0.0157. The van der Waals surface area contributed by atoms with Gasteiger partial charge in [0, 0.05) is 17.1 Å². The van der Waals surface area contributed by atoms with Crippen molar-refractivity contribution < 1.29 is 31.9 Å². The first-order chi connectivity index (χ1) is 17.8. The molecular weight excluding hydrogens is 535 g/mol. The van der Waals surface area contributed by atoms with E-state index in [0.29, 0.717) is 11.1 Å². The first-order valence-electron chi connectivity index (χ1n) is 11.4. The highest BCUT2D eigenvalue weighted by Crippen LogP contribution is 2.36. The van der Waals surface area contributed by atoms with E-state index in [9.17, 15) is 31.9 Å². The second kappa shape index (κ2) is 9.22. The van der Waals surface area contributed by atoms with Crippen molar-refractivity contribution in [3.8, 4) is 0 Å². The van der Waals surface area contributed by atoms with Crippen LogP contribution in [0.1, 0.15) is 40.3 Å². The molecule has 3 atom stereocenters. The zero-order valence-electron chi connectivity index (χ0n) is 19.9. The predicted molar refractivity (Wildman–Crippen MR) is 130 cm³/mol. The maximum absolute atomic E-state index is 14.1. The number of imidazole rings is 1. The molecule has 200 valence electrons. The number of nitrogens with zero attached hydrogens (tertiary/aromatic N) is 5. The van der Waals surface area contributed by atoms with Crippen molar-refractivity contribution in [1.29, 1.82) is 0 Å². The van der Waals surface area contributed by atoms with Gasteiger partial charge in [0.15, 0.2) is 23.7 Å². The molecular formula is C24H20ClF5N6O2. The Kier molecular flexibility index (Phi) is 6.28. The zero-order chi connectivity index (χ0) is 27.5. The summed E-state index contributed by atoms with van der Waals surface area (Å²) in [4.78, 5) is 25.2. The Balaban J connectivity index is 1.71. The molecule has 8 nitrogen and oxygen atoms in total. The lowest BCUT2D eigenvalue weighted by Gasteiger charge is -2.22. The zero-order valence-corrected chi connectivity index (χ0v) is 20.6. The van der Waals surface area contributed by atoms with E-state index in [1.54, 1.807) is 26.0 Å². The van der Waals surface area contributed by atoms with Gasteiger partial charge < -0.3 is 15.3 Å². The predicted octanol–water partition coefficient (Wildman–Crippen LogP) is 5.63. The first-order valence-corrected chi connectivity index (χ1v) is 11.8. The molecule has 38 heavy (non-hydrogen) atoms. The lowest BCUT2D eigenvalue weighted by molar-refractivity contribution is -0.140. The summed E-state index contributed by atoms with van der Waals surface area (Å²) in [6.07, 6.45) is -7.64. The molecule has 0 bridgehead atoms. The fourth-order valence-corrected chi connectivity index (χ4v) is 4.73. The van der Waals surface area contributed by atoms with E-state index in [1.165, 1.54) is 17.0 Å². The van der Waals surface area contributed by atoms with Gasteiger partial charge in [-0.2, -0.15) is 13.2 Å². The number of carbonyl (C=O) groups is 1. The van der Waals surface area contributed by atoms with Gasteiger partial charge in [-0.15, -0.1) is 0 Å². The van der Waals surface area contributed by atoms with Crippen LogP contribution in [0, 0.1) is 6.92 Å². The Morgan fingerprint density at radius 2 is 1.84 bits per heavy atom. The Morgan fingerprint density at radius 1 is 1.16 bits per heavy atom. The molecule has 2 N–H and O–H groups in total. The second-order valence-corrected chi connectivity index (χ2v) is 9.51. The number of halogens is 6. The van der Waals surface area contributed by atoms with E-state index in [4.69, 9.17) is 11.6 Å². The van der Waals surface area contributed by atoms with E-state index in [1.807, 2.05) is 0 Å². The third-order valence-electron chi connectivity index (χ3n) is 6.32. The van der Waals surface area contributed by atoms with Crippen molar-refractivity contribution in [1.82, 2.24) is 19.4 Å². The van der Waals surface area contributed by atoms with Crippen LogP contribution in [0.2, 0.25) is 5.15 Å². The van der Waals surface area contributed by atoms with Crippen molar-refractivity contribution in [2.45, 2.75) is 38.4 Å². The summed E-state index contributed by atoms with van der Waals surface area (Å²) in [5.74, 6) is -1.40. The number of hydrogen-bond donors (Lipinski definition) is 2. The van der Waals surface area contributed by atoms with E-state index in [0.717, 1.165) is 10.6 Å². The number of pyridine rings is 1. The van der Waals surface area contributed by atoms with Crippen LogP contribution in [0.4, 0.5) is 33.6 Å². The van der Waals surface area contributed by atoms with E-state index >= 15 is 0 Å². The van der Waals surface area contributed by atoms with Gasteiger partial charge in [0.05, 0.1) is 30.3 Å². The molecule has 0 radical (unpaired) electrons. The van der Waals surface area contributed by atoms with Crippen LogP contribution in [0.25, 0.3) is 16.6 Å². The molecule has 1 fully saturated rings. The Bertz CT molecular complexity index is 1570. The number of nitrogens with one attached hydrogen (secondary N) is 1. The molecule has 0 spiro atoms. The number of carboxylic acid groups (broad SMARTS) is 1. The van der Waals surface area contributed by atoms with Gasteiger partial charge in [-0.05, 0) is 37.6 Å². The molecule has 1 aliphatic rings. The molecule has 0 aliphatic carbocycles. The van der Waals surface area contributed by atoms with Crippen LogP contribution in [-0.4, -0.2) is 55.9 Å². The number of aryl methyl sites for hydroxylation is 1. The third kappa shape index (κ3) is 4.55. The molecule has 4 heterocycles. The number of aromatic nitrogens is 4. The van der Waals surface area contributed by atoms with Crippen molar-refractivity contribution in [2.24, 2.45) is 0 Å². The molecule has 14 heteroatoms. The number of rotatable bonds is 5. The molecule has 1 saturated heterocycles. The largest absolute Gasteiger partial charge is 0.476 e. The smallest absolute Gasteiger partial charge is 0.434 e. The van der Waals surface area contributed by atoms with Gasteiger partial charge in [0.2, 0.25) is 5.95 Å². The average Bonchev–Trinajstić information content (AvgIpc) is 3.43. The molecule has 4 aromatic rings. The highest BCUT2D eigenvalue weighted by Gasteiger charge is 2.38. The van der Waals surface area contributed by atoms with Crippen molar-refractivity contribution in [3.63, 3.8) is 0 Å². The fourth-order valence-electron chi connectivity index (χ4n) is 4.58. The fraction of sp³-hybridized carbons (Fsp3) is 0.333. The summed E-state index contributed by atoms with van der Waals surface area (Å²) in [7, 11) is 0. The highest BCUT2D eigenvalue weighted by atomic mass is 35.5. The molecule has 1 aromatic carbocycles. The minimum Gasteiger partial charge on any atom is -0.476 e. The van der Waals surface area contributed by atoms with Crippen LogP contribution < -0.4 is 10.2 Å². The Hall–Kier alpha value is -3.74. The van der Waals surface area contributed by atoms with Gasteiger partial charge in [0.25, 0.3) is 0 Å². The summed E-state index contributed by atoms with van der Waals surface area (Å²) >= 11 is 5.84. The lowest BCUT2D eigenvalue weighted by Crippen LogP contribution is -2.24. The van der Waals surface area contributed by atoms with Crippen LogP contribution in [0.3, 0.4) is 0 Å². The average molecular weight is 555 g/mol. The SMILES string of the molecule is Cc1cc([C@@H](C)Nc2ccc(Cl)nc2C(=O)O)c2nc(N3CC(F)C(F)C3)n3cc(C(F)(F)F)nc3c2c1. The van der Waals surface area contributed by atoms with Crippen LogP contribution >= 0.6 is 11.6 Å². The standard InChI is InChI=1S/C24H20ClF5N6O2/c1-10-5-12(11(2)31-16-3-4-18(25)33-20(16)22(37)38)19-13(6-10)21-32-17(24(28,29)30)9-36(21)23(34-19)35-7-14(26)15(27)8-35/h3-6,9,11,14-15,31H,7-8H2,1-2H3,(H,37,38)/t11-,14?,15?/m1/s1. The molecule has 0 amide bonds. The molecule has 5 rings (SSSR count). The van der Waals surface area contributed by atoms with Gasteiger partial charge in [0.1, 0.15) is 10.8 Å². The number of aromatic carboxylic acids is 1. The number of carboxylic acids is 1. The van der Waals surface area contributed by atoms with Gasteiger partial charge in [-0.25, -0.2) is 28.5 Å². The van der Waals surface area contributed by atoms with Crippen molar-refractivity contribution in [2.75, 3.05) is 23.3 Å². The number of benzene rings is 1. The topological polar surface area (TPSA) is 95.6 Å². The Labute approximate surface area is 217 Å². The summed E-state index contributed by atoms with van der Waals surface area (Å²) in [5, 5.41) is 12.9. The van der Waals surface area contributed by atoms with Gasteiger partial charge in [-0.1, -0.05) is 17.7 Å². The maximum atomic E-state index is 14.1. The normalized spacial score (nSPS) is 18.9. The lowest BCUT2D eigenvalue weighted by atomic mass is 10.0. The molecule has 2 unspecified atom stereocenters. The third-order valence-corrected chi connectivity index (χ3v) is 6.53. The quantitative estimate of drug-likeness (QED) is 0.244. The minimum atomic E-state index is -4.76. The summed E-state index contributed by atoms with van der Waals surface area (Å²) < 4.78 is 70.1. The molecule has 1 aliphatic heterocycles. The van der Waals surface area contributed by atoms with Crippen LogP contribution in [0.15, 0.2) is 30.5 Å². The van der Waals surface area contributed by atoms with E-state index in [-0.39, 0.29) is 52.1 Å². The summed E-state index contributed by atoms with van der Waals surface area (Å²) in [5.41, 5.74) is 0.00931. The monoisotopic (exact) mass is 554 g/mol. The summed E-state index contributed by atoms with van der Waals surface area (Å²) in [6, 6.07) is 5.59. The Morgan fingerprint density at radius 3 is 2.47 bits per heavy atom. The number of anilines is 2. The first kappa shape index (κ1) is 25.9. The molecule has 0 saturated carbocycles. The van der Waals surface area contributed by atoms with Crippen molar-refractivity contribution >= 4 is 45.8 Å². The van der Waals surface area contributed by atoms with Crippen LogP contribution in [0.5, 0.6) is 0 Å². The highest BCUT2D eigenvalue weighted by molar-refractivity contribution is 6.29. The number of alkyl halides is 5. The van der Waals surface area contributed by atoms with Crippen LogP contribution in [-0.2, 0) is 6.18 Å². The molecule has 3 aromatic heterocycles. The maximum Gasteiger partial charge on any atom is 0.434 e. The van der Waals surface area contributed by atoms with Gasteiger partial charge >= 0.3 is 12.1 Å².